The molecule has 3 aromatic rings. The van der Waals surface area contributed by atoms with Crippen LogP contribution in [0.5, 0.6) is 0 Å². The van der Waals surface area contributed by atoms with Gasteiger partial charge in [-0.05, 0) is 30.5 Å². The number of benzene rings is 2. The third-order valence-electron chi connectivity index (χ3n) is 5.70. The smallest absolute Gasteiger partial charge is 0.254 e. The molecule has 2 atom stereocenters. The maximum atomic E-state index is 13.4. The topological polar surface area (TPSA) is 60.3 Å². The Bertz CT molecular complexity index is 1030. The van der Waals surface area contributed by atoms with Crippen LogP contribution in [0, 0.1) is 6.92 Å². The van der Waals surface area contributed by atoms with Gasteiger partial charge >= 0.3 is 0 Å². The molecule has 0 N–H and O–H groups in total. The predicted molar refractivity (Wildman–Crippen MR) is 105 cm³/mol. The number of carbonyl (C=O) groups is 1. The van der Waals surface area contributed by atoms with Crippen molar-refractivity contribution in [3.63, 3.8) is 0 Å². The number of aryl methyl sites for hydroxylation is 1. The molecule has 1 aromatic heterocycles. The molecular weight excluding hydrogens is 352 g/mol. The molecule has 3 heterocycles. The Morgan fingerprint density at radius 3 is 2.96 bits per heavy atom. The van der Waals surface area contributed by atoms with E-state index in [0.717, 1.165) is 28.8 Å². The van der Waals surface area contributed by atoms with Crippen LogP contribution < -0.4 is 0 Å². The maximum absolute atomic E-state index is 13.4. The van der Waals surface area contributed by atoms with Crippen molar-refractivity contribution < 1.29 is 9.53 Å². The molecule has 0 aliphatic carbocycles. The molecule has 0 spiro atoms. The number of hydrogen-bond donors (Lipinski definition) is 0. The number of aromatic nitrogens is 3. The van der Waals surface area contributed by atoms with E-state index in [1.54, 1.807) is 6.20 Å². The van der Waals surface area contributed by atoms with Crippen molar-refractivity contribution >= 4 is 5.91 Å². The minimum absolute atomic E-state index is 0.0232. The Morgan fingerprint density at radius 2 is 2.07 bits per heavy atom. The Labute approximate surface area is 163 Å². The molecule has 2 aliphatic rings. The number of ether oxygens (including phenoxy) is 1. The second-order valence-corrected chi connectivity index (χ2v) is 7.54. The van der Waals surface area contributed by atoms with E-state index >= 15 is 0 Å². The summed E-state index contributed by atoms with van der Waals surface area (Å²) in [6.07, 6.45) is 2.64. The number of rotatable bonds is 2. The molecule has 142 valence electrons. The minimum atomic E-state index is 0.0232. The summed E-state index contributed by atoms with van der Waals surface area (Å²) >= 11 is 0. The highest BCUT2D eigenvalue weighted by atomic mass is 16.5. The fourth-order valence-electron chi connectivity index (χ4n) is 4.27. The molecule has 0 saturated carbocycles. The molecular formula is C22H22N4O2. The average Bonchev–Trinajstić information content (AvgIpc) is 3.22. The van der Waals surface area contributed by atoms with E-state index in [0.29, 0.717) is 19.7 Å². The second-order valence-electron chi connectivity index (χ2n) is 7.54. The highest BCUT2D eigenvalue weighted by Gasteiger charge is 2.38. The largest absolute Gasteiger partial charge is 0.370 e. The van der Waals surface area contributed by atoms with Gasteiger partial charge in [0.15, 0.2) is 0 Å². The highest BCUT2D eigenvalue weighted by Crippen LogP contribution is 2.32. The van der Waals surface area contributed by atoms with Crippen molar-refractivity contribution in [2.45, 2.75) is 32.1 Å². The van der Waals surface area contributed by atoms with Gasteiger partial charge in [-0.15, -0.1) is 5.10 Å². The quantitative estimate of drug-likeness (QED) is 0.691. The Morgan fingerprint density at radius 1 is 1.18 bits per heavy atom. The van der Waals surface area contributed by atoms with Crippen LogP contribution in [0.15, 0.2) is 54.7 Å². The van der Waals surface area contributed by atoms with E-state index in [1.165, 1.54) is 5.56 Å². The first-order chi connectivity index (χ1) is 13.7. The summed E-state index contributed by atoms with van der Waals surface area (Å²) in [6, 6.07) is 16.2. The summed E-state index contributed by atoms with van der Waals surface area (Å²) in [4.78, 5) is 15.4. The van der Waals surface area contributed by atoms with Crippen LogP contribution in [-0.2, 0) is 11.3 Å². The summed E-state index contributed by atoms with van der Waals surface area (Å²) in [5.41, 5.74) is 4.93. The number of hydrogen-bond acceptors (Lipinski definition) is 4. The van der Waals surface area contributed by atoms with Gasteiger partial charge in [0.1, 0.15) is 0 Å². The predicted octanol–water partition coefficient (Wildman–Crippen LogP) is 3.24. The van der Waals surface area contributed by atoms with Crippen molar-refractivity contribution in [3.8, 4) is 11.1 Å². The molecule has 6 nitrogen and oxygen atoms in total. The van der Waals surface area contributed by atoms with Crippen LogP contribution in [0.3, 0.4) is 0 Å². The van der Waals surface area contributed by atoms with Gasteiger partial charge in [0, 0.05) is 18.7 Å². The first-order valence-electron chi connectivity index (χ1n) is 9.67. The van der Waals surface area contributed by atoms with Gasteiger partial charge in [0.25, 0.3) is 5.91 Å². The fraction of sp³-hybridized carbons (Fsp3) is 0.318. The van der Waals surface area contributed by atoms with Crippen molar-refractivity contribution in [2.75, 3.05) is 13.1 Å². The van der Waals surface area contributed by atoms with E-state index in [-0.39, 0.29) is 18.1 Å². The summed E-state index contributed by atoms with van der Waals surface area (Å²) in [7, 11) is 0. The number of piperidine rings is 1. The molecule has 1 amide bonds. The molecule has 1 fully saturated rings. The van der Waals surface area contributed by atoms with E-state index in [9.17, 15) is 4.79 Å². The molecule has 2 aromatic carbocycles. The van der Waals surface area contributed by atoms with E-state index in [4.69, 9.17) is 4.74 Å². The zero-order valence-electron chi connectivity index (χ0n) is 15.8. The van der Waals surface area contributed by atoms with Crippen molar-refractivity contribution in [2.24, 2.45) is 0 Å². The molecule has 28 heavy (non-hydrogen) atoms. The highest BCUT2D eigenvalue weighted by molar-refractivity contribution is 6.01. The van der Waals surface area contributed by atoms with E-state index in [2.05, 4.69) is 35.4 Å². The van der Waals surface area contributed by atoms with Crippen LogP contribution in [0.1, 0.15) is 34.1 Å². The SMILES string of the molecule is Cc1cccc(-c2ccccc2C(=O)N2CC[C@@H]3OCc4cnnn4[C@H]3C2)c1. The Hall–Kier alpha value is -2.99. The monoisotopic (exact) mass is 374 g/mol. The first-order valence-corrected chi connectivity index (χ1v) is 9.67. The molecule has 6 heteroatoms. The number of nitrogens with zero attached hydrogens (tertiary/aromatic N) is 4. The lowest BCUT2D eigenvalue weighted by Crippen LogP contribution is -2.50. The summed E-state index contributed by atoms with van der Waals surface area (Å²) < 4.78 is 7.90. The molecule has 0 bridgehead atoms. The Kier molecular flexibility index (Phi) is 4.20. The number of amides is 1. The van der Waals surface area contributed by atoms with Gasteiger partial charge < -0.3 is 9.64 Å². The molecule has 0 unspecified atom stereocenters. The molecule has 2 aliphatic heterocycles. The number of likely N-dealkylation sites (tertiary alicyclic amines) is 1. The molecule has 5 rings (SSSR count). The van der Waals surface area contributed by atoms with E-state index in [1.807, 2.05) is 39.9 Å². The van der Waals surface area contributed by atoms with Gasteiger partial charge in [-0.2, -0.15) is 0 Å². The van der Waals surface area contributed by atoms with E-state index < -0.39 is 0 Å². The fourth-order valence-corrected chi connectivity index (χ4v) is 4.27. The third kappa shape index (κ3) is 2.90. The van der Waals surface area contributed by atoms with Crippen molar-refractivity contribution in [3.05, 3.63) is 71.5 Å². The van der Waals surface area contributed by atoms with Gasteiger partial charge in [-0.3, -0.25) is 4.79 Å². The van der Waals surface area contributed by atoms with Crippen LogP contribution >= 0.6 is 0 Å². The molecule has 0 radical (unpaired) electrons. The lowest BCUT2D eigenvalue weighted by molar-refractivity contribution is -0.0604. The maximum Gasteiger partial charge on any atom is 0.254 e. The number of carbonyl (C=O) groups excluding carboxylic acids is 1. The van der Waals surface area contributed by atoms with Crippen molar-refractivity contribution in [1.29, 1.82) is 0 Å². The summed E-state index contributed by atoms with van der Waals surface area (Å²) in [6.45, 7) is 3.88. The first kappa shape index (κ1) is 17.1. The zero-order valence-corrected chi connectivity index (χ0v) is 15.8. The standard InChI is InChI=1S/C22H22N4O2/c1-15-5-4-6-16(11-15)18-7-2-3-8-19(18)22(27)25-10-9-21-20(13-25)26-17(14-28-21)12-23-24-26/h2-8,11-12,20-21H,9-10,13-14H2,1H3/t20-,21-/m0/s1. The average molecular weight is 374 g/mol. The normalized spacial score (nSPS) is 21.1. The minimum Gasteiger partial charge on any atom is -0.370 e. The van der Waals surface area contributed by atoms with Crippen LogP contribution in [0.2, 0.25) is 0 Å². The summed E-state index contributed by atoms with van der Waals surface area (Å²) in [5, 5.41) is 8.25. The van der Waals surface area contributed by atoms with Crippen LogP contribution in [0.4, 0.5) is 0 Å². The number of fused-ring (bicyclic) bond motifs is 3. The summed E-state index contributed by atoms with van der Waals surface area (Å²) in [5.74, 6) is 0.0581. The van der Waals surface area contributed by atoms with Gasteiger partial charge in [0.2, 0.25) is 0 Å². The lowest BCUT2D eigenvalue weighted by Gasteiger charge is -2.41. The zero-order chi connectivity index (χ0) is 19.1. The van der Waals surface area contributed by atoms with Gasteiger partial charge in [-0.1, -0.05) is 53.2 Å². The van der Waals surface area contributed by atoms with Crippen LogP contribution in [-0.4, -0.2) is 45.0 Å². The van der Waals surface area contributed by atoms with Crippen molar-refractivity contribution in [1.82, 2.24) is 19.9 Å². The van der Waals surface area contributed by atoms with Crippen LogP contribution in [0.25, 0.3) is 11.1 Å². The van der Waals surface area contributed by atoms with Gasteiger partial charge in [-0.25, -0.2) is 4.68 Å². The third-order valence-corrected chi connectivity index (χ3v) is 5.70. The van der Waals surface area contributed by atoms with Gasteiger partial charge in [0.05, 0.1) is 30.6 Å². The molecule has 1 saturated heterocycles. The second kappa shape index (κ2) is 6.87. The Balaban J connectivity index is 1.45. The lowest BCUT2D eigenvalue weighted by atomic mass is 9.95.